The van der Waals surface area contributed by atoms with Crippen molar-refractivity contribution in [3.8, 4) is 0 Å². The van der Waals surface area contributed by atoms with E-state index in [-0.39, 0.29) is 0 Å². The molecular formula is C11H16N2. The van der Waals surface area contributed by atoms with Crippen molar-refractivity contribution >= 4 is 0 Å². The van der Waals surface area contributed by atoms with Crippen LogP contribution in [0, 0.1) is 0 Å². The fraction of sp³-hybridized carbons (Fsp3) is 0.727. The van der Waals surface area contributed by atoms with Crippen molar-refractivity contribution in [2.24, 2.45) is 7.05 Å². The molecule has 70 valence electrons. The number of fused-ring (bicyclic) bond motifs is 5. The standard InChI is InChI=1S/C11H16N2/c1-3-9-10-7-4-5-8(6-7)11(10)13(2)12-9/h7-8H,3-6H2,1-2H3. The summed E-state index contributed by atoms with van der Waals surface area (Å²) >= 11 is 0. The topological polar surface area (TPSA) is 17.8 Å². The molecule has 0 amide bonds. The molecule has 0 spiro atoms. The molecule has 0 saturated heterocycles. The normalized spacial score (nSPS) is 29.7. The van der Waals surface area contributed by atoms with Crippen LogP contribution in [0.1, 0.15) is 55.0 Å². The largest absolute Gasteiger partial charge is 0.272 e. The quantitative estimate of drug-likeness (QED) is 0.642. The zero-order valence-corrected chi connectivity index (χ0v) is 8.38. The van der Waals surface area contributed by atoms with Crippen LogP contribution in [0.4, 0.5) is 0 Å². The van der Waals surface area contributed by atoms with Gasteiger partial charge in [0, 0.05) is 18.7 Å². The summed E-state index contributed by atoms with van der Waals surface area (Å²) in [6.45, 7) is 2.22. The Hall–Kier alpha value is -0.790. The molecule has 2 aliphatic rings. The molecule has 0 N–H and O–H groups in total. The first-order chi connectivity index (χ1) is 6.31. The fourth-order valence-corrected chi connectivity index (χ4v) is 3.29. The molecule has 0 radical (unpaired) electrons. The highest BCUT2D eigenvalue weighted by Gasteiger charge is 2.41. The SMILES string of the molecule is CCc1nn(C)c2c1C1CCC2C1. The Bertz CT molecular complexity index is 351. The first kappa shape index (κ1) is 7.60. The Labute approximate surface area is 78.9 Å². The van der Waals surface area contributed by atoms with E-state index in [1.807, 2.05) is 0 Å². The highest BCUT2D eigenvalue weighted by Crippen LogP contribution is 2.53. The van der Waals surface area contributed by atoms with Gasteiger partial charge >= 0.3 is 0 Å². The minimum absolute atomic E-state index is 0.845. The first-order valence-corrected chi connectivity index (χ1v) is 5.37. The van der Waals surface area contributed by atoms with E-state index in [2.05, 4.69) is 23.8 Å². The highest BCUT2D eigenvalue weighted by molar-refractivity contribution is 5.40. The summed E-state index contributed by atoms with van der Waals surface area (Å²) in [5, 5.41) is 4.61. The first-order valence-electron chi connectivity index (χ1n) is 5.37. The van der Waals surface area contributed by atoms with Crippen LogP contribution in [0.15, 0.2) is 0 Å². The van der Waals surface area contributed by atoms with Crippen molar-refractivity contribution in [3.63, 3.8) is 0 Å². The number of nitrogens with zero attached hydrogens (tertiary/aromatic N) is 2. The van der Waals surface area contributed by atoms with Crippen LogP contribution in [-0.2, 0) is 13.5 Å². The minimum Gasteiger partial charge on any atom is -0.272 e. The molecule has 0 aromatic carbocycles. The molecule has 2 unspecified atom stereocenters. The van der Waals surface area contributed by atoms with Crippen molar-refractivity contribution in [3.05, 3.63) is 17.0 Å². The van der Waals surface area contributed by atoms with E-state index in [1.165, 1.54) is 25.0 Å². The highest BCUT2D eigenvalue weighted by atomic mass is 15.3. The molecule has 1 aromatic rings. The van der Waals surface area contributed by atoms with Crippen LogP contribution < -0.4 is 0 Å². The molecule has 1 saturated carbocycles. The van der Waals surface area contributed by atoms with E-state index >= 15 is 0 Å². The molecule has 1 heterocycles. The molecule has 2 aliphatic carbocycles. The van der Waals surface area contributed by atoms with E-state index in [0.717, 1.165) is 18.3 Å². The molecule has 2 nitrogen and oxygen atoms in total. The van der Waals surface area contributed by atoms with Crippen LogP contribution in [-0.4, -0.2) is 9.78 Å². The monoisotopic (exact) mass is 176 g/mol. The van der Waals surface area contributed by atoms with E-state index in [1.54, 1.807) is 11.3 Å². The molecule has 2 heteroatoms. The Balaban J connectivity index is 2.21. The lowest BCUT2D eigenvalue weighted by Crippen LogP contribution is -2.02. The van der Waals surface area contributed by atoms with Gasteiger partial charge in [0.15, 0.2) is 0 Å². The number of aryl methyl sites for hydroxylation is 2. The summed E-state index contributed by atoms with van der Waals surface area (Å²) in [7, 11) is 2.11. The summed E-state index contributed by atoms with van der Waals surface area (Å²) in [6.07, 6.45) is 5.33. The maximum Gasteiger partial charge on any atom is 0.0659 e. The van der Waals surface area contributed by atoms with Crippen LogP contribution >= 0.6 is 0 Å². The van der Waals surface area contributed by atoms with Gasteiger partial charge in [-0.2, -0.15) is 5.10 Å². The van der Waals surface area contributed by atoms with Gasteiger partial charge in [0.25, 0.3) is 0 Å². The maximum absolute atomic E-state index is 4.61. The summed E-state index contributed by atoms with van der Waals surface area (Å²) in [5.41, 5.74) is 4.55. The van der Waals surface area contributed by atoms with Gasteiger partial charge in [-0.3, -0.25) is 4.68 Å². The maximum atomic E-state index is 4.61. The van der Waals surface area contributed by atoms with Crippen LogP contribution in [0.2, 0.25) is 0 Å². The fourth-order valence-electron chi connectivity index (χ4n) is 3.29. The third kappa shape index (κ3) is 0.812. The van der Waals surface area contributed by atoms with Crippen molar-refractivity contribution in [2.75, 3.05) is 0 Å². The minimum atomic E-state index is 0.845. The van der Waals surface area contributed by atoms with Gasteiger partial charge in [-0.05, 0) is 37.2 Å². The van der Waals surface area contributed by atoms with Gasteiger partial charge in [0.1, 0.15) is 0 Å². The van der Waals surface area contributed by atoms with Crippen LogP contribution in [0.25, 0.3) is 0 Å². The third-order valence-electron chi connectivity index (χ3n) is 3.77. The second-order valence-corrected chi connectivity index (χ2v) is 4.43. The molecule has 1 aromatic heterocycles. The summed E-state index contributed by atoms with van der Waals surface area (Å²) < 4.78 is 2.14. The van der Waals surface area contributed by atoms with Gasteiger partial charge in [-0.25, -0.2) is 0 Å². The number of rotatable bonds is 1. The molecule has 2 atom stereocenters. The van der Waals surface area contributed by atoms with Gasteiger partial charge in [-0.1, -0.05) is 6.92 Å². The second-order valence-electron chi connectivity index (χ2n) is 4.43. The van der Waals surface area contributed by atoms with Gasteiger partial charge < -0.3 is 0 Å². The smallest absolute Gasteiger partial charge is 0.0659 e. The second kappa shape index (κ2) is 2.37. The van der Waals surface area contributed by atoms with Crippen molar-refractivity contribution < 1.29 is 0 Å². The Kier molecular flexibility index (Phi) is 1.38. The van der Waals surface area contributed by atoms with Crippen molar-refractivity contribution in [1.29, 1.82) is 0 Å². The van der Waals surface area contributed by atoms with Gasteiger partial charge in [0.2, 0.25) is 0 Å². The Morgan fingerprint density at radius 1 is 1.38 bits per heavy atom. The predicted molar refractivity (Wildman–Crippen MR) is 51.9 cm³/mol. The molecule has 13 heavy (non-hydrogen) atoms. The molecule has 2 bridgehead atoms. The lowest BCUT2D eigenvalue weighted by Gasteiger charge is -2.11. The lowest BCUT2D eigenvalue weighted by molar-refractivity contribution is 0.622. The third-order valence-corrected chi connectivity index (χ3v) is 3.77. The average Bonchev–Trinajstić information content (AvgIpc) is 2.76. The molecular weight excluding hydrogens is 160 g/mol. The van der Waals surface area contributed by atoms with E-state index in [9.17, 15) is 0 Å². The van der Waals surface area contributed by atoms with Crippen molar-refractivity contribution in [1.82, 2.24) is 9.78 Å². The summed E-state index contributed by atoms with van der Waals surface area (Å²) in [5.74, 6) is 1.71. The molecule has 0 aliphatic heterocycles. The number of hydrogen-bond acceptors (Lipinski definition) is 1. The lowest BCUT2D eigenvalue weighted by atomic mass is 9.95. The van der Waals surface area contributed by atoms with E-state index in [0.29, 0.717) is 0 Å². The zero-order valence-electron chi connectivity index (χ0n) is 8.38. The Morgan fingerprint density at radius 2 is 2.15 bits per heavy atom. The zero-order chi connectivity index (χ0) is 9.00. The summed E-state index contributed by atoms with van der Waals surface area (Å²) in [6, 6.07) is 0. The van der Waals surface area contributed by atoms with E-state index < -0.39 is 0 Å². The molecule has 3 rings (SSSR count). The summed E-state index contributed by atoms with van der Waals surface area (Å²) in [4.78, 5) is 0. The average molecular weight is 176 g/mol. The number of aromatic nitrogens is 2. The predicted octanol–water partition coefficient (Wildman–Crippen LogP) is 2.35. The van der Waals surface area contributed by atoms with Gasteiger partial charge in [-0.15, -0.1) is 0 Å². The van der Waals surface area contributed by atoms with Crippen LogP contribution in [0.5, 0.6) is 0 Å². The van der Waals surface area contributed by atoms with Crippen molar-refractivity contribution in [2.45, 2.75) is 44.4 Å². The van der Waals surface area contributed by atoms with E-state index in [4.69, 9.17) is 0 Å². The van der Waals surface area contributed by atoms with Crippen LogP contribution in [0.3, 0.4) is 0 Å². The van der Waals surface area contributed by atoms with Gasteiger partial charge in [0.05, 0.1) is 5.69 Å². The number of hydrogen-bond donors (Lipinski definition) is 0. The Morgan fingerprint density at radius 3 is 2.92 bits per heavy atom. The molecule has 1 fully saturated rings.